The molecule has 1 aromatic carbocycles. The van der Waals surface area contributed by atoms with Crippen molar-refractivity contribution in [1.29, 1.82) is 0 Å². The van der Waals surface area contributed by atoms with Crippen molar-refractivity contribution in [3.05, 3.63) is 23.8 Å². The number of hydrogen-bond donors (Lipinski definition) is 8. The maximum absolute atomic E-state index is 13.1. The van der Waals surface area contributed by atoms with Gasteiger partial charge < -0.3 is 52.3 Å². The number of aliphatic hydroxyl groups excluding tert-OH is 2. The minimum absolute atomic E-state index is 0.0250. The Balaban J connectivity index is 2.74. The Labute approximate surface area is 282 Å². The lowest BCUT2D eigenvalue weighted by Crippen LogP contribution is -2.51. The second-order valence-corrected chi connectivity index (χ2v) is 14.5. The van der Waals surface area contributed by atoms with Crippen LogP contribution in [0.25, 0.3) is 0 Å². The third-order valence-electron chi connectivity index (χ3n) is 7.28. The number of unbranched alkanes of at least 4 members (excludes halogenated alkanes) is 1. The number of aliphatic hydroxyl groups is 2. The van der Waals surface area contributed by atoms with Crippen molar-refractivity contribution in [2.75, 3.05) is 45.0 Å². The number of carbonyl (C=O) groups excluding carboxylic acids is 4. The molecule has 1 rings (SSSR count). The standard InChI is InChI=1S/C32H56N6O8S/c1-21(39)26(33)30(45)37(16-7-6-14-35-25(42)13-20-47-32(3,4)5)18-10-19-38(31(46)27(34)22(2)40)17-9-15-36-29(44)23-11-8-12-24(41)28(23)43/h8,11-12,21-22,26-27,39-41,43H,6-7,9-10,13-20,33-34H2,1-5H3,(H,35,42)(H,36,44)/t21?,22-,26+,27?/m1/s1. The Morgan fingerprint density at radius 1 is 0.809 bits per heavy atom. The van der Waals surface area contributed by atoms with Gasteiger partial charge in [0.25, 0.3) is 5.91 Å². The first-order valence-electron chi connectivity index (χ1n) is 16.1. The maximum Gasteiger partial charge on any atom is 0.255 e. The molecule has 0 aliphatic carbocycles. The summed E-state index contributed by atoms with van der Waals surface area (Å²) >= 11 is 1.72. The second kappa shape index (κ2) is 21.0. The normalized spacial score (nSPS) is 14.1. The quantitative estimate of drug-likeness (QED) is 0.0656. The molecule has 15 heteroatoms. The summed E-state index contributed by atoms with van der Waals surface area (Å²) in [6, 6.07) is 1.76. The van der Waals surface area contributed by atoms with Crippen molar-refractivity contribution < 1.29 is 39.6 Å². The van der Waals surface area contributed by atoms with E-state index in [2.05, 4.69) is 31.4 Å². The van der Waals surface area contributed by atoms with Gasteiger partial charge in [0.1, 0.15) is 12.1 Å². The zero-order chi connectivity index (χ0) is 35.7. The summed E-state index contributed by atoms with van der Waals surface area (Å²) in [6.07, 6.45) is 0.150. The number of thioether (sulfide) groups is 1. The molecule has 0 fully saturated rings. The maximum atomic E-state index is 13.1. The molecule has 0 heterocycles. The summed E-state index contributed by atoms with van der Waals surface area (Å²) in [6.45, 7) is 10.7. The van der Waals surface area contributed by atoms with Crippen molar-refractivity contribution >= 4 is 35.4 Å². The van der Waals surface area contributed by atoms with Crippen molar-refractivity contribution in [3.8, 4) is 11.5 Å². The number of phenols is 2. The average Bonchev–Trinajstić information content (AvgIpc) is 2.99. The number of nitrogens with zero attached hydrogens (tertiary/aromatic N) is 2. The molecule has 4 amide bonds. The smallest absolute Gasteiger partial charge is 0.255 e. The highest BCUT2D eigenvalue weighted by molar-refractivity contribution is 8.00. The van der Waals surface area contributed by atoms with E-state index in [0.29, 0.717) is 45.2 Å². The van der Waals surface area contributed by atoms with Crippen LogP contribution >= 0.6 is 11.8 Å². The summed E-state index contributed by atoms with van der Waals surface area (Å²) in [4.78, 5) is 53.7. The monoisotopic (exact) mass is 684 g/mol. The largest absolute Gasteiger partial charge is 0.504 e. The van der Waals surface area contributed by atoms with Gasteiger partial charge >= 0.3 is 0 Å². The van der Waals surface area contributed by atoms with E-state index in [9.17, 15) is 39.6 Å². The molecular formula is C32H56N6O8S. The number of phenolic OH excluding ortho intramolecular Hbond substituents is 2. The molecular weight excluding hydrogens is 628 g/mol. The fourth-order valence-electron chi connectivity index (χ4n) is 4.43. The van der Waals surface area contributed by atoms with Gasteiger partial charge in [-0.2, -0.15) is 11.8 Å². The molecule has 0 aromatic heterocycles. The van der Waals surface area contributed by atoms with Crippen LogP contribution in [0.15, 0.2) is 18.2 Å². The number of para-hydroxylation sites is 1. The molecule has 1 aromatic rings. The van der Waals surface area contributed by atoms with Crippen LogP contribution in [0.1, 0.15) is 77.1 Å². The van der Waals surface area contributed by atoms with E-state index >= 15 is 0 Å². The van der Waals surface area contributed by atoms with E-state index in [1.165, 1.54) is 36.9 Å². The highest BCUT2D eigenvalue weighted by Gasteiger charge is 2.27. The Hall–Kier alpha value is -3.11. The lowest BCUT2D eigenvalue weighted by atomic mass is 10.1. The van der Waals surface area contributed by atoms with Crippen LogP contribution in [-0.2, 0) is 14.4 Å². The van der Waals surface area contributed by atoms with E-state index in [1.807, 2.05) is 0 Å². The topological polar surface area (TPSA) is 232 Å². The molecule has 0 saturated carbocycles. The van der Waals surface area contributed by atoms with E-state index in [0.717, 1.165) is 5.75 Å². The van der Waals surface area contributed by atoms with Crippen LogP contribution < -0.4 is 22.1 Å². The Kier molecular flexibility index (Phi) is 18.7. The van der Waals surface area contributed by atoms with Crippen LogP contribution in [0, 0.1) is 0 Å². The first kappa shape index (κ1) is 41.9. The second-order valence-electron chi connectivity index (χ2n) is 12.6. The Morgan fingerprint density at radius 2 is 1.32 bits per heavy atom. The SMILES string of the molecule is CC(O)[C@H](N)C(=O)N(CCCCNC(=O)CCSC(C)(C)C)CCCN(CCCNC(=O)c1cccc(O)c1O)C(=O)C(N)[C@@H](C)O. The molecule has 0 aliphatic rings. The molecule has 0 radical (unpaired) electrons. The molecule has 0 saturated heterocycles. The van der Waals surface area contributed by atoms with Gasteiger partial charge in [0.15, 0.2) is 11.5 Å². The summed E-state index contributed by atoms with van der Waals surface area (Å²) in [5.41, 5.74) is 11.8. The summed E-state index contributed by atoms with van der Waals surface area (Å²) in [5, 5.41) is 44.9. The van der Waals surface area contributed by atoms with Gasteiger partial charge in [-0.05, 0) is 51.7 Å². The molecule has 10 N–H and O–H groups in total. The van der Waals surface area contributed by atoms with Gasteiger partial charge in [-0.15, -0.1) is 0 Å². The van der Waals surface area contributed by atoms with Gasteiger partial charge in [-0.25, -0.2) is 0 Å². The fourth-order valence-corrected chi connectivity index (χ4v) is 5.33. The highest BCUT2D eigenvalue weighted by Crippen LogP contribution is 2.28. The number of carbonyl (C=O) groups is 4. The number of benzene rings is 1. The lowest BCUT2D eigenvalue weighted by molar-refractivity contribution is -0.135. The van der Waals surface area contributed by atoms with Crippen molar-refractivity contribution in [2.45, 2.75) is 95.8 Å². The number of aromatic hydroxyl groups is 2. The van der Waals surface area contributed by atoms with E-state index in [4.69, 9.17) is 11.5 Å². The lowest BCUT2D eigenvalue weighted by Gasteiger charge is -2.30. The number of nitrogens with one attached hydrogen (secondary N) is 2. The molecule has 2 unspecified atom stereocenters. The van der Waals surface area contributed by atoms with Crippen molar-refractivity contribution in [2.24, 2.45) is 11.5 Å². The van der Waals surface area contributed by atoms with Crippen LogP contribution in [0.4, 0.5) is 0 Å². The molecule has 0 spiro atoms. The zero-order valence-electron chi connectivity index (χ0n) is 28.4. The van der Waals surface area contributed by atoms with Crippen molar-refractivity contribution in [3.63, 3.8) is 0 Å². The van der Waals surface area contributed by atoms with Crippen LogP contribution in [-0.4, -0.2) is 128 Å². The molecule has 0 bridgehead atoms. The minimum Gasteiger partial charge on any atom is -0.504 e. The zero-order valence-corrected chi connectivity index (χ0v) is 29.2. The van der Waals surface area contributed by atoms with Gasteiger partial charge in [-0.3, -0.25) is 19.2 Å². The Bertz CT molecular complexity index is 1150. The molecule has 268 valence electrons. The van der Waals surface area contributed by atoms with E-state index in [1.54, 1.807) is 16.7 Å². The third kappa shape index (κ3) is 16.0. The summed E-state index contributed by atoms with van der Waals surface area (Å²) < 4.78 is 0.0922. The number of amides is 4. The van der Waals surface area contributed by atoms with Gasteiger partial charge in [0, 0.05) is 56.2 Å². The number of nitrogens with two attached hydrogens (primary N) is 2. The fraction of sp³-hybridized carbons (Fsp3) is 0.688. The third-order valence-corrected chi connectivity index (χ3v) is 8.55. The van der Waals surface area contributed by atoms with Crippen LogP contribution in [0.2, 0.25) is 0 Å². The first-order chi connectivity index (χ1) is 22.0. The van der Waals surface area contributed by atoms with Gasteiger partial charge in [0.2, 0.25) is 17.7 Å². The van der Waals surface area contributed by atoms with E-state index < -0.39 is 53.5 Å². The first-order valence-corrected chi connectivity index (χ1v) is 17.1. The molecule has 47 heavy (non-hydrogen) atoms. The molecule has 4 atom stereocenters. The summed E-state index contributed by atoms with van der Waals surface area (Å²) in [7, 11) is 0. The predicted molar refractivity (Wildman–Crippen MR) is 183 cm³/mol. The van der Waals surface area contributed by atoms with Crippen molar-refractivity contribution in [1.82, 2.24) is 20.4 Å². The Morgan fingerprint density at radius 3 is 1.85 bits per heavy atom. The number of rotatable bonds is 21. The van der Waals surface area contributed by atoms with Gasteiger partial charge in [-0.1, -0.05) is 26.8 Å². The number of hydrogen-bond acceptors (Lipinski definition) is 11. The molecule has 0 aliphatic heterocycles. The summed E-state index contributed by atoms with van der Waals surface area (Å²) in [5.74, 6) is -1.77. The predicted octanol–water partition coefficient (Wildman–Crippen LogP) is 0.499. The molecule has 14 nitrogen and oxygen atoms in total. The average molecular weight is 685 g/mol. The van der Waals surface area contributed by atoms with E-state index in [-0.39, 0.29) is 42.4 Å². The van der Waals surface area contributed by atoms with Crippen LogP contribution in [0.3, 0.4) is 0 Å². The van der Waals surface area contributed by atoms with Crippen LogP contribution in [0.5, 0.6) is 11.5 Å². The minimum atomic E-state index is -1.17. The van der Waals surface area contributed by atoms with Gasteiger partial charge in [0.05, 0.1) is 17.8 Å². The highest BCUT2D eigenvalue weighted by atomic mass is 32.2.